The SMILES string of the molecule is [2H]C([2H])([2H])NC(=O)C1([2H])C([2H])([2H])C1([2H])[2H]. The molecule has 1 aliphatic carbocycles. The van der Waals surface area contributed by atoms with E-state index in [0.29, 0.717) is 0 Å². The van der Waals surface area contributed by atoms with Crippen molar-refractivity contribution in [1.82, 2.24) is 5.32 Å². The summed E-state index contributed by atoms with van der Waals surface area (Å²) in [6, 6.07) is 0. The van der Waals surface area contributed by atoms with Gasteiger partial charge in [0.25, 0.3) is 0 Å². The molecule has 1 N–H and O–H groups in total. The predicted octanol–water partition coefficient (Wildman–Crippen LogP) is 0.142. The zero-order valence-electron chi connectivity index (χ0n) is 11.4. The van der Waals surface area contributed by atoms with Gasteiger partial charge in [-0.2, -0.15) is 0 Å². The highest BCUT2D eigenvalue weighted by Gasteiger charge is 2.28. The van der Waals surface area contributed by atoms with E-state index in [2.05, 4.69) is 0 Å². The average Bonchev–Trinajstić information content (AvgIpc) is 2.26. The van der Waals surface area contributed by atoms with Crippen molar-refractivity contribution in [2.24, 2.45) is 5.89 Å². The fraction of sp³-hybridized carbons (Fsp3) is 0.800. The Kier molecular flexibility index (Phi) is 0.201. The molecule has 0 radical (unpaired) electrons. The lowest BCUT2D eigenvalue weighted by Gasteiger charge is -1.89. The molecule has 1 aliphatic rings. The molecule has 1 saturated carbocycles. The highest BCUT2D eigenvalue weighted by atomic mass is 16.1. The zero-order chi connectivity index (χ0) is 12.3. The number of nitrogens with one attached hydrogen (secondary N) is 1. The fourth-order valence-corrected chi connectivity index (χ4v) is 0.207. The van der Waals surface area contributed by atoms with Gasteiger partial charge in [0.2, 0.25) is 5.91 Å². The Labute approximate surface area is 54.1 Å². The molecule has 0 aromatic carbocycles. The number of amides is 1. The second-order valence-corrected chi connectivity index (χ2v) is 1.08. The van der Waals surface area contributed by atoms with Crippen LogP contribution in [0.15, 0.2) is 0 Å². The van der Waals surface area contributed by atoms with Crippen molar-refractivity contribution in [3.8, 4) is 0 Å². The minimum atomic E-state index is -2.85. The van der Waals surface area contributed by atoms with Crippen LogP contribution in [-0.4, -0.2) is 12.9 Å². The summed E-state index contributed by atoms with van der Waals surface area (Å²) in [6.45, 7) is -2.85. The molecule has 0 spiro atoms. The quantitative estimate of drug-likeness (QED) is 0.507. The maximum absolute atomic E-state index is 11.2. The van der Waals surface area contributed by atoms with Crippen molar-refractivity contribution in [1.29, 1.82) is 0 Å². The second-order valence-electron chi connectivity index (χ2n) is 1.08. The number of carbonyl (C=O) groups excluding carboxylic acids is 1. The van der Waals surface area contributed by atoms with E-state index in [-0.39, 0.29) is 0 Å². The molecule has 1 fully saturated rings. The van der Waals surface area contributed by atoms with Crippen molar-refractivity contribution < 1.29 is 15.8 Å². The first kappa shape index (κ1) is 0.925. The molecule has 1 amide bonds. The van der Waals surface area contributed by atoms with Gasteiger partial charge in [0.1, 0.15) is 0 Å². The number of hydrogen-bond donors (Lipinski definition) is 1. The van der Waals surface area contributed by atoms with E-state index in [1.54, 1.807) is 0 Å². The highest BCUT2D eigenvalue weighted by molar-refractivity contribution is 5.80. The Morgan fingerprint density at radius 1 is 2.29 bits per heavy atom. The Morgan fingerprint density at radius 2 is 3.00 bits per heavy atom. The molecule has 2 nitrogen and oxygen atoms in total. The molecule has 0 atom stereocenters. The molecule has 40 valence electrons. The lowest BCUT2D eigenvalue weighted by atomic mass is 10.4. The number of carbonyl (C=O) groups is 1. The fourth-order valence-electron chi connectivity index (χ4n) is 0.207. The van der Waals surface area contributed by atoms with Gasteiger partial charge in [-0.15, -0.1) is 0 Å². The molecule has 0 bridgehead atoms. The lowest BCUT2D eigenvalue weighted by Crippen LogP contribution is -2.18. The van der Waals surface area contributed by atoms with E-state index in [4.69, 9.17) is 11.0 Å². The molecular weight excluding hydrogens is 90.1 g/mol. The van der Waals surface area contributed by atoms with Crippen molar-refractivity contribution in [3.05, 3.63) is 0 Å². The Balaban J connectivity index is 2.89. The molecular formula is C5H9NO. The first-order valence-electron chi connectivity index (χ1n) is 5.70. The van der Waals surface area contributed by atoms with Crippen LogP contribution in [0.4, 0.5) is 0 Å². The molecule has 2 heteroatoms. The Bertz CT molecular complexity index is 293. The normalized spacial score (nSPS) is 56.6. The molecule has 0 heterocycles. The maximum Gasteiger partial charge on any atom is 0.222 e. The van der Waals surface area contributed by atoms with Crippen LogP contribution in [0.1, 0.15) is 23.7 Å². The van der Waals surface area contributed by atoms with Crippen LogP contribution in [0, 0.1) is 5.89 Å². The first-order chi connectivity index (χ1) is 6.38. The van der Waals surface area contributed by atoms with E-state index >= 15 is 0 Å². The standard InChI is InChI=1S/C5H9NO/c1-6-5(7)4-2-3-4/h4H,2-3H2,1H3,(H,6,7)/i1D3,2D2,3D2,4D. The van der Waals surface area contributed by atoms with Gasteiger partial charge in [-0.05, 0) is 12.7 Å². The maximum atomic E-state index is 11.2. The van der Waals surface area contributed by atoms with Crippen LogP contribution in [-0.2, 0) is 4.79 Å². The monoisotopic (exact) mass is 107 g/mol. The summed E-state index contributed by atoms with van der Waals surface area (Å²) >= 11 is 0. The molecule has 0 unspecified atom stereocenters. The summed E-state index contributed by atoms with van der Waals surface area (Å²) in [5, 5.41) is 1.43. The van der Waals surface area contributed by atoms with E-state index in [1.807, 2.05) is 0 Å². The van der Waals surface area contributed by atoms with Gasteiger partial charge in [-0.25, -0.2) is 0 Å². The Hall–Kier alpha value is -0.530. The van der Waals surface area contributed by atoms with Crippen molar-refractivity contribution >= 4 is 5.91 Å². The van der Waals surface area contributed by atoms with E-state index in [1.165, 1.54) is 5.32 Å². The van der Waals surface area contributed by atoms with Crippen LogP contribution < -0.4 is 5.32 Å². The smallest absolute Gasteiger partial charge is 0.222 e. The van der Waals surface area contributed by atoms with Crippen LogP contribution in [0.3, 0.4) is 0 Å². The number of rotatable bonds is 1. The predicted molar refractivity (Wildman–Crippen MR) is 26.8 cm³/mol. The topological polar surface area (TPSA) is 29.1 Å². The van der Waals surface area contributed by atoms with Crippen molar-refractivity contribution in [2.45, 2.75) is 12.7 Å². The first-order valence-corrected chi connectivity index (χ1v) is 1.70. The molecule has 0 aromatic heterocycles. The van der Waals surface area contributed by atoms with E-state index in [0.717, 1.165) is 0 Å². The third-order valence-electron chi connectivity index (χ3n) is 0.591. The molecule has 1 rings (SSSR count). The lowest BCUT2D eigenvalue weighted by molar-refractivity contribution is -0.121. The second kappa shape index (κ2) is 1.52. The summed E-state index contributed by atoms with van der Waals surface area (Å²) in [5.74, 6) is -4.15. The van der Waals surface area contributed by atoms with Crippen LogP contribution in [0.25, 0.3) is 0 Å². The zero-order valence-corrected chi connectivity index (χ0v) is 3.41. The largest absolute Gasteiger partial charge is 0.359 e. The van der Waals surface area contributed by atoms with Crippen molar-refractivity contribution in [2.75, 3.05) is 6.98 Å². The third kappa shape index (κ3) is 0.918. The summed E-state index contributed by atoms with van der Waals surface area (Å²) in [4.78, 5) is 11.2. The molecule has 0 aliphatic heterocycles. The van der Waals surface area contributed by atoms with Gasteiger partial charge in [-0.3, -0.25) is 4.79 Å². The van der Waals surface area contributed by atoms with Gasteiger partial charge in [-0.1, -0.05) is 0 Å². The third-order valence-corrected chi connectivity index (χ3v) is 0.591. The van der Waals surface area contributed by atoms with Crippen LogP contribution in [0.2, 0.25) is 0 Å². The summed E-state index contributed by atoms with van der Waals surface area (Å²) in [5.41, 5.74) is 0. The van der Waals surface area contributed by atoms with E-state index < -0.39 is 31.5 Å². The number of hydrogen-bond acceptors (Lipinski definition) is 1. The van der Waals surface area contributed by atoms with Crippen LogP contribution in [0.5, 0.6) is 0 Å². The summed E-state index contributed by atoms with van der Waals surface area (Å²) < 4.78 is 55.8. The molecule has 7 heavy (non-hydrogen) atoms. The summed E-state index contributed by atoms with van der Waals surface area (Å²) in [6.07, 6.45) is -5.34. The highest BCUT2D eigenvalue weighted by Crippen LogP contribution is 2.28. The van der Waals surface area contributed by atoms with Gasteiger partial charge < -0.3 is 5.32 Å². The molecule has 0 saturated heterocycles. The van der Waals surface area contributed by atoms with Gasteiger partial charge >= 0.3 is 0 Å². The van der Waals surface area contributed by atoms with Gasteiger partial charge in [0.05, 0.1) is 0 Å². The minimum Gasteiger partial charge on any atom is -0.359 e. The van der Waals surface area contributed by atoms with Gasteiger partial charge in [0.15, 0.2) is 0 Å². The van der Waals surface area contributed by atoms with E-state index in [9.17, 15) is 4.79 Å². The average molecular weight is 107 g/mol. The molecule has 0 aromatic rings. The van der Waals surface area contributed by atoms with Crippen LogP contribution >= 0.6 is 0 Å². The van der Waals surface area contributed by atoms with Crippen molar-refractivity contribution in [3.63, 3.8) is 0 Å². The minimum absolute atomic E-state index is 1.43. The van der Waals surface area contributed by atoms with Gasteiger partial charge in [0, 0.05) is 23.8 Å². The Morgan fingerprint density at radius 3 is 3.43 bits per heavy atom. The summed E-state index contributed by atoms with van der Waals surface area (Å²) in [7, 11) is 0.